The lowest BCUT2D eigenvalue weighted by Gasteiger charge is -2.32. The Morgan fingerprint density at radius 3 is 2.20 bits per heavy atom. The van der Waals surface area contributed by atoms with Crippen LogP contribution in [0.25, 0.3) is 0 Å². The minimum absolute atomic E-state index is 0.0608. The Balaban J connectivity index is 1.92. The van der Waals surface area contributed by atoms with Crippen molar-refractivity contribution in [1.82, 2.24) is 0 Å². The Bertz CT molecular complexity index is 462. The van der Waals surface area contributed by atoms with Gasteiger partial charge in [0.2, 0.25) is 0 Å². The van der Waals surface area contributed by atoms with E-state index in [1.54, 1.807) is 0 Å². The fourth-order valence-corrected chi connectivity index (χ4v) is 3.66. The third kappa shape index (κ3) is 3.68. The average molecular weight is 312 g/mol. The van der Waals surface area contributed by atoms with Crippen molar-refractivity contribution in [3.63, 3.8) is 0 Å². The molecular weight excluding hydrogens is 293 g/mol. The summed E-state index contributed by atoms with van der Waals surface area (Å²) >= 11 is 0. The summed E-state index contributed by atoms with van der Waals surface area (Å²) < 4.78 is 62.7. The zero-order chi connectivity index (χ0) is 14.8. The predicted molar refractivity (Wildman–Crippen MR) is 68.1 cm³/mol. The quantitative estimate of drug-likeness (QED) is 0.581. The van der Waals surface area contributed by atoms with Crippen molar-refractivity contribution in [1.29, 1.82) is 0 Å². The molecule has 2 aliphatic carbocycles. The predicted octanol–water partition coefficient (Wildman–Crippen LogP) is 4.12. The number of hydrogen-bond donors (Lipinski definition) is 0. The van der Waals surface area contributed by atoms with Crippen LogP contribution in [-0.2, 0) is 14.3 Å². The van der Waals surface area contributed by atoms with Crippen LogP contribution in [0.15, 0.2) is 11.8 Å². The van der Waals surface area contributed by atoms with Crippen LogP contribution in [0.2, 0.25) is 0 Å². The third-order valence-corrected chi connectivity index (χ3v) is 5.23. The maximum Gasteiger partial charge on any atom is 0.534 e. The molecule has 116 valence electrons. The van der Waals surface area contributed by atoms with Crippen molar-refractivity contribution in [2.75, 3.05) is 0 Å². The van der Waals surface area contributed by atoms with Gasteiger partial charge in [-0.2, -0.15) is 21.6 Å². The highest BCUT2D eigenvalue weighted by Gasteiger charge is 2.49. The molecular formula is C13H19F3O3S. The molecule has 20 heavy (non-hydrogen) atoms. The van der Waals surface area contributed by atoms with Crippen LogP contribution in [0.3, 0.4) is 0 Å². The fraction of sp³-hybridized carbons (Fsp3) is 0.846. The molecule has 0 aliphatic heterocycles. The Kier molecular flexibility index (Phi) is 4.66. The second-order valence-electron chi connectivity index (χ2n) is 5.59. The molecule has 0 spiro atoms. The molecule has 1 unspecified atom stereocenters. The molecule has 0 aromatic heterocycles. The molecule has 0 N–H and O–H groups in total. The minimum Gasteiger partial charge on any atom is -0.381 e. The molecule has 2 aliphatic rings. The van der Waals surface area contributed by atoms with Crippen molar-refractivity contribution in [3.8, 4) is 0 Å². The highest BCUT2D eigenvalue weighted by Crippen LogP contribution is 2.39. The van der Waals surface area contributed by atoms with E-state index in [9.17, 15) is 21.6 Å². The number of rotatable bonds is 3. The van der Waals surface area contributed by atoms with Gasteiger partial charge >= 0.3 is 15.6 Å². The van der Waals surface area contributed by atoms with E-state index in [0.29, 0.717) is 24.7 Å². The standard InChI is InChI=1S/C13H19F3O3S/c14-13(15,16)20(17,18)19-12-8-6-11(7-9-12)10-4-2-1-3-5-10/h8,10-11H,1-7,9H2. The van der Waals surface area contributed by atoms with Gasteiger partial charge in [-0.3, -0.25) is 0 Å². The number of hydrogen-bond acceptors (Lipinski definition) is 3. The van der Waals surface area contributed by atoms with Crippen LogP contribution in [0.5, 0.6) is 0 Å². The summed E-state index contributed by atoms with van der Waals surface area (Å²) in [5.74, 6) is 1.02. The van der Waals surface area contributed by atoms with Gasteiger partial charge in [0.1, 0.15) is 5.76 Å². The highest BCUT2D eigenvalue weighted by atomic mass is 32.2. The maximum absolute atomic E-state index is 12.2. The normalized spacial score (nSPS) is 26.1. The average Bonchev–Trinajstić information content (AvgIpc) is 2.39. The molecule has 1 saturated carbocycles. The van der Waals surface area contributed by atoms with Gasteiger partial charge in [0.05, 0.1) is 0 Å². The largest absolute Gasteiger partial charge is 0.534 e. The lowest BCUT2D eigenvalue weighted by Crippen LogP contribution is -2.26. The molecule has 0 heterocycles. The van der Waals surface area contributed by atoms with Gasteiger partial charge in [-0.1, -0.05) is 32.1 Å². The second kappa shape index (κ2) is 5.95. The first-order valence-corrected chi connectivity index (χ1v) is 8.40. The molecule has 1 fully saturated rings. The number of halogens is 3. The first-order valence-electron chi connectivity index (χ1n) is 6.99. The van der Waals surface area contributed by atoms with Crippen molar-refractivity contribution in [2.45, 2.75) is 56.9 Å². The van der Waals surface area contributed by atoms with E-state index in [-0.39, 0.29) is 12.2 Å². The van der Waals surface area contributed by atoms with Crippen LogP contribution in [0, 0.1) is 11.8 Å². The number of alkyl halides is 3. The number of allylic oxidation sites excluding steroid dienone is 2. The van der Waals surface area contributed by atoms with Crippen LogP contribution >= 0.6 is 0 Å². The fourth-order valence-electron chi connectivity index (χ4n) is 3.13. The first kappa shape index (κ1) is 15.7. The first-order chi connectivity index (χ1) is 9.29. The maximum atomic E-state index is 12.2. The van der Waals surface area contributed by atoms with Crippen molar-refractivity contribution in [3.05, 3.63) is 11.8 Å². The summed E-state index contributed by atoms with van der Waals surface area (Å²) in [5, 5.41) is 0. The van der Waals surface area contributed by atoms with Crippen LogP contribution in [-0.4, -0.2) is 13.9 Å². The molecule has 0 amide bonds. The van der Waals surface area contributed by atoms with Crippen LogP contribution in [0.4, 0.5) is 13.2 Å². The summed E-state index contributed by atoms with van der Waals surface area (Å²) in [4.78, 5) is 0. The van der Waals surface area contributed by atoms with Gasteiger partial charge in [-0.15, -0.1) is 0 Å². The molecule has 3 nitrogen and oxygen atoms in total. The summed E-state index contributed by atoms with van der Waals surface area (Å²) in [6.07, 6.45) is 9.18. The van der Waals surface area contributed by atoms with E-state index in [4.69, 9.17) is 0 Å². The molecule has 0 bridgehead atoms. The highest BCUT2D eigenvalue weighted by molar-refractivity contribution is 7.87. The van der Waals surface area contributed by atoms with E-state index < -0.39 is 15.6 Å². The lowest BCUT2D eigenvalue weighted by molar-refractivity contribution is -0.0525. The monoisotopic (exact) mass is 312 g/mol. The van der Waals surface area contributed by atoms with Gasteiger partial charge in [0.15, 0.2) is 0 Å². The molecule has 0 aromatic carbocycles. The zero-order valence-corrected chi connectivity index (χ0v) is 12.0. The van der Waals surface area contributed by atoms with Crippen molar-refractivity contribution < 1.29 is 25.8 Å². The summed E-state index contributed by atoms with van der Waals surface area (Å²) in [6, 6.07) is 0. The lowest BCUT2D eigenvalue weighted by atomic mass is 9.75. The van der Waals surface area contributed by atoms with Gasteiger partial charge < -0.3 is 4.18 Å². The van der Waals surface area contributed by atoms with E-state index in [2.05, 4.69) is 4.18 Å². The van der Waals surface area contributed by atoms with E-state index in [1.165, 1.54) is 38.2 Å². The Morgan fingerprint density at radius 2 is 1.70 bits per heavy atom. The Labute approximate surface area is 117 Å². The van der Waals surface area contributed by atoms with Crippen molar-refractivity contribution in [2.24, 2.45) is 11.8 Å². The van der Waals surface area contributed by atoms with E-state index in [0.717, 1.165) is 0 Å². The smallest absolute Gasteiger partial charge is 0.381 e. The van der Waals surface area contributed by atoms with Crippen molar-refractivity contribution >= 4 is 10.1 Å². The molecule has 1 atom stereocenters. The molecule has 0 aromatic rings. The van der Waals surface area contributed by atoms with Crippen LogP contribution < -0.4 is 0 Å². The minimum atomic E-state index is -5.51. The molecule has 0 saturated heterocycles. The molecule has 2 rings (SSSR count). The third-order valence-electron chi connectivity index (χ3n) is 4.23. The van der Waals surface area contributed by atoms with Crippen LogP contribution in [0.1, 0.15) is 51.4 Å². The summed E-state index contributed by atoms with van der Waals surface area (Å²) in [5.41, 5.74) is -5.35. The van der Waals surface area contributed by atoms with E-state index in [1.807, 2.05) is 0 Å². The Morgan fingerprint density at radius 1 is 1.05 bits per heavy atom. The molecule has 7 heteroatoms. The van der Waals surface area contributed by atoms with Gasteiger partial charge in [0, 0.05) is 6.42 Å². The van der Waals surface area contributed by atoms with Gasteiger partial charge in [-0.05, 0) is 30.8 Å². The topological polar surface area (TPSA) is 43.4 Å². The molecule has 0 radical (unpaired) electrons. The second-order valence-corrected chi connectivity index (χ2v) is 7.12. The summed E-state index contributed by atoms with van der Waals surface area (Å²) in [6.45, 7) is 0. The SMILES string of the molecule is O=S(=O)(OC1=CCC(C2CCCCC2)CC1)C(F)(F)F. The Hall–Kier alpha value is -0.720. The summed E-state index contributed by atoms with van der Waals surface area (Å²) in [7, 11) is -5.51. The van der Waals surface area contributed by atoms with Gasteiger partial charge in [0.25, 0.3) is 0 Å². The zero-order valence-electron chi connectivity index (χ0n) is 11.2. The van der Waals surface area contributed by atoms with E-state index >= 15 is 0 Å². The van der Waals surface area contributed by atoms with Gasteiger partial charge in [-0.25, -0.2) is 0 Å².